The van der Waals surface area contributed by atoms with E-state index in [0.717, 1.165) is 5.46 Å². The topological polar surface area (TPSA) is 49.8 Å². The van der Waals surface area contributed by atoms with E-state index in [0.29, 0.717) is 5.75 Å². The number of hydrogen-bond donors (Lipinski definition) is 0. The fraction of sp³-hybridized carbons (Fsp3) is 0.643. The van der Waals surface area contributed by atoms with Gasteiger partial charge < -0.3 is 18.8 Å². The number of pyridine rings is 1. The van der Waals surface area contributed by atoms with Crippen molar-refractivity contribution in [2.45, 2.75) is 52.1 Å². The Morgan fingerprint density at radius 2 is 1.75 bits per heavy atom. The number of ether oxygens (including phenoxy) is 2. The molecule has 0 radical (unpaired) electrons. The van der Waals surface area contributed by atoms with Crippen molar-refractivity contribution < 1.29 is 18.8 Å². The molecule has 0 amide bonds. The Balaban J connectivity index is 2.17. The van der Waals surface area contributed by atoms with Crippen molar-refractivity contribution in [1.29, 1.82) is 0 Å². The maximum Gasteiger partial charge on any atom is 0.496 e. The molecule has 0 spiro atoms. The highest BCUT2D eigenvalue weighted by atomic mass is 16.7. The normalized spacial score (nSPS) is 21.8. The van der Waals surface area contributed by atoms with Crippen molar-refractivity contribution >= 4 is 12.6 Å². The van der Waals surface area contributed by atoms with Gasteiger partial charge in [-0.15, -0.1) is 0 Å². The van der Waals surface area contributed by atoms with Gasteiger partial charge in [-0.25, -0.2) is 0 Å². The summed E-state index contributed by atoms with van der Waals surface area (Å²) in [7, 11) is 1.16. The summed E-state index contributed by atoms with van der Waals surface area (Å²) >= 11 is 0. The molecule has 0 saturated carbocycles. The van der Waals surface area contributed by atoms with Crippen LogP contribution in [0.3, 0.4) is 0 Å². The Kier molecular flexibility index (Phi) is 4.09. The molecule has 0 aromatic carbocycles. The van der Waals surface area contributed by atoms with Gasteiger partial charge >= 0.3 is 7.12 Å². The van der Waals surface area contributed by atoms with Crippen molar-refractivity contribution in [1.82, 2.24) is 4.98 Å². The molecule has 110 valence electrons. The molecule has 0 aliphatic carbocycles. The van der Waals surface area contributed by atoms with E-state index in [4.69, 9.17) is 18.8 Å². The van der Waals surface area contributed by atoms with Crippen molar-refractivity contribution in [3.05, 3.63) is 18.5 Å². The van der Waals surface area contributed by atoms with E-state index in [9.17, 15) is 0 Å². The van der Waals surface area contributed by atoms with Crippen LogP contribution in [0.1, 0.15) is 34.6 Å². The van der Waals surface area contributed by atoms with Crippen molar-refractivity contribution in [2.24, 2.45) is 0 Å². The molecule has 0 N–H and O–H groups in total. The standard InChI is InChI=1S/C14H22BNO4/c1-10(17-6)18-12-7-11(8-16-9-12)15-19-13(2,3)14(4,5)20-15/h7-10H,1-6H3. The first-order chi connectivity index (χ1) is 9.25. The largest absolute Gasteiger partial charge is 0.496 e. The molecule has 1 saturated heterocycles. The van der Waals surface area contributed by atoms with Gasteiger partial charge in [0, 0.05) is 18.8 Å². The summed E-state index contributed by atoms with van der Waals surface area (Å²) in [5, 5.41) is 0. The van der Waals surface area contributed by atoms with E-state index in [1.165, 1.54) is 0 Å². The van der Waals surface area contributed by atoms with E-state index < -0.39 is 7.12 Å². The Hall–Kier alpha value is -1.11. The van der Waals surface area contributed by atoms with Gasteiger partial charge in [0.05, 0.1) is 17.4 Å². The number of rotatable bonds is 4. The minimum atomic E-state index is -0.436. The number of aromatic nitrogens is 1. The molecule has 1 aliphatic rings. The van der Waals surface area contributed by atoms with Gasteiger partial charge in [0.15, 0.2) is 6.29 Å². The van der Waals surface area contributed by atoms with Crippen molar-refractivity contribution in [2.75, 3.05) is 7.11 Å². The van der Waals surface area contributed by atoms with Crippen LogP contribution in [-0.2, 0) is 14.0 Å². The van der Waals surface area contributed by atoms with Crippen LogP contribution in [0.15, 0.2) is 18.5 Å². The van der Waals surface area contributed by atoms with Gasteiger partial charge in [-0.3, -0.25) is 4.98 Å². The molecule has 1 aliphatic heterocycles. The molecule has 1 aromatic rings. The third-order valence-corrected chi connectivity index (χ3v) is 3.89. The molecule has 1 atom stereocenters. The predicted octanol–water partition coefficient (Wildman–Crippen LogP) is 1.75. The first-order valence-corrected chi connectivity index (χ1v) is 6.75. The first-order valence-electron chi connectivity index (χ1n) is 6.75. The van der Waals surface area contributed by atoms with Gasteiger partial charge in [-0.1, -0.05) is 0 Å². The summed E-state index contributed by atoms with van der Waals surface area (Å²) in [6.07, 6.45) is 3.04. The van der Waals surface area contributed by atoms with Crippen LogP contribution in [-0.4, -0.2) is 36.7 Å². The third kappa shape index (κ3) is 2.97. The predicted molar refractivity (Wildman–Crippen MR) is 77.1 cm³/mol. The molecule has 2 heterocycles. The fourth-order valence-corrected chi connectivity index (χ4v) is 1.85. The van der Waals surface area contributed by atoms with Gasteiger partial charge in [-0.05, 0) is 40.7 Å². The minimum Gasteiger partial charge on any atom is -0.464 e. The average molecular weight is 279 g/mol. The van der Waals surface area contributed by atoms with Crippen LogP contribution in [0.5, 0.6) is 5.75 Å². The quantitative estimate of drug-likeness (QED) is 0.621. The van der Waals surface area contributed by atoms with Crippen LogP contribution in [0.2, 0.25) is 0 Å². The lowest BCUT2D eigenvalue weighted by molar-refractivity contribution is -0.0384. The first kappa shape index (κ1) is 15.3. The van der Waals surface area contributed by atoms with Gasteiger partial charge in [-0.2, -0.15) is 0 Å². The minimum absolute atomic E-state index is 0.328. The van der Waals surface area contributed by atoms with Crippen LogP contribution in [0.25, 0.3) is 0 Å². The van der Waals surface area contributed by atoms with Gasteiger partial charge in [0.1, 0.15) is 5.75 Å². The molecule has 1 aromatic heterocycles. The molecular weight excluding hydrogens is 257 g/mol. The second-order valence-electron chi connectivity index (χ2n) is 5.96. The molecule has 1 unspecified atom stereocenters. The summed E-state index contributed by atoms with van der Waals surface area (Å²) in [5.74, 6) is 0.631. The molecule has 20 heavy (non-hydrogen) atoms. The molecular formula is C14H22BNO4. The monoisotopic (exact) mass is 279 g/mol. The van der Waals surface area contributed by atoms with Gasteiger partial charge in [0.25, 0.3) is 0 Å². The Bertz CT molecular complexity index is 462. The van der Waals surface area contributed by atoms with E-state index in [1.807, 2.05) is 40.7 Å². The second-order valence-corrected chi connectivity index (χ2v) is 5.96. The Labute approximate surface area is 120 Å². The van der Waals surface area contributed by atoms with E-state index >= 15 is 0 Å². The highest BCUT2D eigenvalue weighted by molar-refractivity contribution is 6.62. The van der Waals surface area contributed by atoms with Crippen LogP contribution in [0.4, 0.5) is 0 Å². The summed E-state index contributed by atoms with van der Waals surface area (Å²) < 4.78 is 22.6. The zero-order valence-electron chi connectivity index (χ0n) is 13.0. The maximum absolute atomic E-state index is 5.99. The lowest BCUT2D eigenvalue weighted by Crippen LogP contribution is -2.41. The summed E-state index contributed by atoms with van der Waals surface area (Å²) in [6, 6.07) is 1.87. The lowest BCUT2D eigenvalue weighted by Gasteiger charge is -2.32. The molecule has 6 heteroatoms. The SMILES string of the molecule is COC(C)Oc1cncc(B2OC(C)(C)C(C)(C)O2)c1. The molecule has 5 nitrogen and oxygen atoms in total. The van der Waals surface area contributed by atoms with Crippen LogP contribution in [0, 0.1) is 0 Å². The highest BCUT2D eigenvalue weighted by Gasteiger charge is 2.51. The lowest BCUT2D eigenvalue weighted by atomic mass is 9.80. The van der Waals surface area contributed by atoms with Crippen LogP contribution < -0.4 is 10.2 Å². The zero-order chi connectivity index (χ0) is 15.0. The summed E-state index contributed by atoms with van der Waals surface area (Å²) in [6.45, 7) is 9.91. The Morgan fingerprint density at radius 3 is 2.30 bits per heavy atom. The maximum atomic E-state index is 5.99. The van der Waals surface area contributed by atoms with E-state index in [1.54, 1.807) is 19.5 Å². The van der Waals surface area contributed by atoms with E-state index in [2.05, 4.69) is 4.98 Å². The number of methoxy groups -OCH3 is 1. The summed E-state index contributed by atoms with van der Waals surface area (Å²) in [5.41, 5.74) is 0.104. The third-order valence-electron chi connectivity index (χ3n) is 3.89. The molecule has 0 bridgehead atoms. The second kappa shape index (κ2) is 5.35. The molecule has 1 fully saturated rings. The van der Waals surface area contributed by atoms with Crippen molar-refractivity contribution in [3.8, 4) is 5.75 Å². The fourth-order valence-electron chi connectivity index (χ4n) is 1.85. The van der Waals surface area contributed by atoms with Crippen LogP contribution >= 0.6 is 0 Å². The summed E-state index contributed by atoms with van der Waals surface area (Å²) in [4.78, 5) is 4.17. The highest BCUT2D eigenvalue weighted by Crippen LogP contribution is 2.36. The van der Waals surface area contributed by atoms with Crippen molar-refractivity contribution in [3.63, 3.8) is 0 Å². The molecule has 2 rings (SSSR count). The Morgan fingerprint density at radius 1 is 1.15 bits per heavy atom. The average Bonchev–Trinajstić information content (AvgIpc) is 2.59. The van der Waals surface area contributed by atoms with Gasteiger partial charge in [0.2, 0.25) is 0 Å². The zero-order valence-corrected chi connectivity index (χ0v) is 13.0. The number of hydrogen-bond acceptors (Lipinski definition) is 5. The number of nitrogens with zero attached hydrogens (tertiary/aromatic N) is 1. The van der Waals surface area contributed by atoms with E-state index in [-0.39, 0.29) is 17.5 Å². The smallest absolute Gasteiger partial charge is 0.464 e.